The fourth-order valence-corrected chi connectivity index (χ4v) is 5.99. The molecule has 2 saturated heterocycles. The third-order valence-corrected chi connectivity index (χ3v) is 7.75. The molecule has 202 valence electrons. The van der Waals surface area contributed by atoms with E-state index >= 15 is 0 Å². The molecule has 1 aromatic heterocycles. The Hall–Kier alpha value is -2.53. The van der Waals surface area contributed by atoms with E-state index in [9.17, 15) is 22.0 Å². The Labute approximate surface area is 212 Å². The van der Waals surface area contributed by atoms with Crippen molar-refractivity contribution in [1.82, 2.24) is 15.1 Å². The third-order valence-electron chi connectivity index (χ3n) is 7.75. The van der Waals surface area contributed by atoms with Crippen molar-refractivity contribution >= 4 is 5.82 Å². The molecule has 0 radical (unpaired) electrons. The Bertz CT molecular complexity index is 1100. The van der Waals surface area contributed by atoms with Gasteiger partial charge >= 0.3 is 6.18 Å². The van der Waals surface area contributed by atoms with Crippen LogP contribution in [-0.2, 0) is 10.9 Å². The van der Waals surface area contributed by atoms with Crippen LogP contribution in [0, 0.1) is 29.4 Å². The minimum atomic E-state index is -4.75. The van der Waals surface area contributed by atoms with E-state index in [1.54, 1.807) is 6.92 Å². The van der Waals surface area contributed by atoms with Crippen molar-refractivity contribution in [3.05, 3.63) is 35.4 Å². The number of aromatic nitrogens is 2. The highest BCUT2D eigenvalue weighted by molar-refractivity contribution is 5.64. The number of nitrogens with one attached hydrogen (secondary N) is 1. The summed E-state index contributed by atoms with van der Waals surface area (Å²) in [6.07, 6.45) is -1.07. The first-order chi connectivity index (χ1) is 17.7. The van der Waals surface area contributed by atoms with Gasteiger partial charge in [-0.05, 0) is 68.6 Å². The molecule has 2 aliphatic heterocycles. The lowest BCUT2D eigenvalue weighted by atomic mass is 10.00. The van der Waals surface area contributed by atoms with Crippen LogP contribution in [0.4, 0.5) is 27.8 Å². The normalized spacial score (nSPS) is 24.9. The first-order valence-electron chi connectivity index (χ1n) is 12.9. The van der Waals surface area contributed by atoms with Gasteiger partial charge in [-0.3, -0.25) is 0 Å². The van der Waals surface area contributed by atoms with Gasteiger partial charge in [-0.2, -0.15) is 17.6 Å². The monoisotopic (exact) mass is 526 g/mol. The lowest BCUT2D eigenvalue weighted by Crippen LogP contribution is -2.32. The molecule has 6 nitrogen and oxygen atoms in total. The minimum absolute atomic E-state index is 0.116. The molecule has 3 aliphatic rings. The fourth-order valence-electron chi connectivity index (χ4n) is 5.99. The SMILES string of the molecule is CCOc1ccc(-c2cc(C(F)(F)F)c(N[C@H]3C[C@@H]4CN(CC5CCOCC5)C[C@@H]4C3)nn2)c(F)c1F. The zero-order valence-corrected chi connectivity index (χ0v) is 20.7. The lowest BCUT2D eigenvalue weighted by molar-refractivity contribution is -0.137. The Morgan fingerprint density at radius 3 is 2.41 bits per heavy atom. The van der Waals surface area contributed by atoms with Crippen LogP contribution < -0.4 is 10.1 Å². The van der Waals surface area contributed by atoms with E-state index in [1.807, 2.05) is 0 Å². The van der Waals surface area contributed by atoms with Crippen molar-refractivity contribution in [1.29, 1.82) is 0 Å². The molecule has 3 fully saturated rings. The van der Waals surface area contributed by atoms with Gasteiger partial charge in [0.05, 0.1) is 12.3 Å². The van der Waals surface area contributed by atoms with Crippen molar-refractivity contribution in [2.45, 2.75) is 44.8 Å². The van der Waals surface area contributed by atoms with Crippen LogP contribution in [0.5, 0.6) is 5.75 Å². The van der Waals surface area contributed by atoms with Crippen molar-refractivity contribution < 1.29 is 31.4 Å². The van der Waals surface area contributed by atoms with Gasteiger partial charge < -0.3 is 19.7 Å². The molecule has 1 N–H and O–H groups in total. The molecule has 0 unspecified atom stereocenters. The van der Waals surface area contributed by atoms with Gasteiger partial charge in [0.25, 0.3) is 0 Å². The number of hydrogen-bond donors (Lipinski definition) is 1. The van der Waals surface area contributed by atoms with Gasteiger partial charge in [0.15, 0.2) is 17.4 Å². The lowest BCUT2D eigenvalue weighted by Gasteiger charge is -2.28. The van der Waals surface area contributed by atoms with Gasteiger partial charge in [0, 0.05) is 44.5 Å². The average Bonchev–Trinajstić information content (AvgIpc) is 3.40. The second-order valence-electron chi connectivity index (χ2n) is 10.3. The molecular formula is C26H31F5N4O2. The summed E-state index contributed by atoms with van der Waals surface area (Å²) in [6, 6.07) is 2.88. The molecule has 1 saturated carbocycles. The molecule has 0 amide bonds. The van der Waals surface area contributed by atoms with Crippen LogP contribution in [0.25, 0.3) is 11.3 Å². The van der Waals surface area contributed by atoms with E-state index in [0.717, 1.165) is 70.7 Å². The predicted molar refractivity (Wildman–Crippen MR) is 127 cm³/mol. The zero-order valence-electron chi connectivity index (χ0n) is 20.7. The number of likely N-dealkylation sites (tertiary alicyclic amines) is 1. The minimum Gasteiger partial charge on any atom is -0.491 e. The smallest absolute Gasteiger partial charge is 0.420 e. The number of benzene rings is 1. The maximum absolute atomic E-state index is 14.6. The fraction of sp³-hybridized carbons (Fsp3) is 0.615. The summed E-state index contributed by atoms with van der Waals surface area (Å²) in [6.45, 7) is 6.34. The van der Waals surface area contributed by atoms with Crippen molar-refractivity contribution in [3.8, 4) is 17.0 Å². The predicted octanol–water partition coefficient (Wildman–Crippen LogP) is 5.39. The Kier molecular flexibility index (Phi) is 7.53. The van der Waals surface area contributed by atoms with Crippen LogP contribution in [0.2, 0.25) is 0 Å². The second kappa shape index (κ2) is 10.7. The first kappa shape index (κ1) is 26.1. The number of alkyl halides is 3. The van der Waals surface area contributed by atoms with Crippen LogP contribution in [0.1, 0.15) is 38.2 Å². The number of halogens is 5. The summed E-state index contributed by atoms with van der Waals surface area (Å²) >= 11 is 0. The number of hydrogen-bond acceptors (Lipinski definition) is 6. The summed E-state index contributed by atoms with van der Waals surface area (Å²) in [5.41, 5.74) is -1.86. The second-order valence-corrected chi connectivity index (χ2v) is 10.3. The maximum Gasteiger partial charge on any atom is 0.420 e. The molecule has 37 heavy (non-hydrogen) atoms. The summed E-state index contributed by atoms with van der Waals surface area (Å²) in [5.74, 6) is -1.79. The summed E-state index contributed by atoms with van der Waals surface area (Å²) in [7, 11) is 0. The summed E-state index contributed by atoms with van der Waals surface area (Å²) in [5, 5.41) is 10.5. The van der Waals surface area contributed by atoms with Crippen molar-refractivity contribution in [2.24, 2.45) is 17.8 Å². The Balaban J connectivity index is 1.28. The highest BCUT2D eigenvalue weighted by Gasteiger charge is 2.43. The van der Waals surface area contributed by atoms with E-state index in [1.165, 1.54) is 6.07 Å². The molecule has 3 heterocycles. The van der Waals surface area contributed by atoms with E-state index < -0.39 is 34.6 Å². The van der Waals surface area contributed by atoms with E-state index in [-0.39, 0.29) is 24.2 Å². The largest absolute Gasteiger partial charge is 0.491 e. The highest BCUT2D eigenvalue weighted by atomic mass is 19.4. The average molecular weight is 527 g/mol. The molecule has 1 aliphatic carbocycles. The van der Waals surface area contributed by atoms with Crippen molar-refractivity contribution in [3.63, 3.8) is 0 Å². The van der Waals surface area contributed by atoms with Gasteiger partial charge in [0.1, 0.15) is 5.56 Å². The Morgan fingerprint density at radius 2 is 1.76 bits per heavy atom. The van der Waals surface area contributed by atoms with E-state index in [0.29, 0.717) is 17.8 Å². The van der Waals surface area contributed by atoms with Crippen molar-refractivity contribution in [2.75, 3.05) is 44.8 Å². The van der Waals surface area contributed by atoms with Gasteiger partial charge in [-0.1, -0.05) is 0 Å². The maximum atomic E-state index is 14.6. The molecule has 3 atom stereocenters. The van der Waals surface area contributed by atoms with Crippen LogP contribution in [0.3, 0.4) is 0 Å². The topological polar surface area (TPSA) is 59.5 Å². The van der Waals surface area contributed by atoms with E-state index in [2.05, 4.69) is 20.4 Å². The molecule has 11 heteroatoms. The standard InChI is InChI=1S/C26H31F5N4O2/c1-2-37-22-4-3-19(23(27)24(22)28)21-11-20(26(29,30)31)25(34-33-21)32-18-9-16-13-35(14-17(16)10-18)12-15-5-7-36-8-6-15/h3-4,11,15-18H,2,5-10,12-14H2,1H3,(H,32,34)/t16-,17+,18+. The summed E-state index contributed by atoms with van der Waals surface area (Å²) < 4.78 is 81.2. The molecule has 5 rings (SSSR count). The highest BCUT2D eigenvalue weighted by Crippen LogP contribution is 2.42. The number of anilines is 1. The van der Waals surface area contributed by atoms with Crippen LogP contribution in [0.15, 0.2) is 18.2 Å². The molecule has 1 aromatic carbocycles. The molecule has 0 bridgehead atoms. The number of nitrogens with zero attached hydrogens (tertiary/aromatic N) is 3. The van der Waals surface area contributed by atoms with Crippen LogP contribution in [-0.4, -0.2) is 60.6 Å². The summed E-state index contributed by atoms with van der Waals surface area (Å²) in [4.78, 5) is 2.49. The number of fused-ring (bicyclic) bond motifs is 1. The quantitative estimate of drug-likeness (QED) is 0.489. The zero-order chi connectivity index (χ0) is 26.2. The molecule has 2 aromatic rings. The van der Waals surface area contributed by atoms with Gasteiger partial charge in [-0.15, -0.1) is 10.2 Å². The number of ether oxygens (including phenoxy) is 2. The Morgan fingerprint density at radius 1 is 1.05 bits per heavy atom. The third kappa shape index (κ3) is 5.67. The first-order valence-corrected chi connectivity index (χ1v) is 12.9. The molecule has 0 spiro atoms. The van der Waals surface area contributed by atoms with Crippen LogP contribution >= 0.6 is 0 Å². The molecular weight excluding hydrogens is 495 g/mol. The number of rotatable bonds is 7. The van der Waals surface area contributed by atoms with E-state index in [4.69, 9.17) is 9.47 Å². The van der Waals surface area contributed by atoms with Gasteiger partial charge in [-0.25, -0.2) is 4.39 Å². The van der Waals surface area contributed by atoms with Gasteiger partial charge in [0.2, 0.25) is 5.82 Å².